The second kappa shape index (κ2) is 14.6. The Kier molecular flexibility index (Phi) is 12.6. The lowest BCUT2D eigenvalue weighted by Crippen LogP contribution is -2.16. The second-order valence-corrected chi connectivity index (χ2v) is 7.57. The Morgan fingerprint density at radius 3 is 2.60 bits per heavy atom. The highest BCUT2D eigenvalue weighted by molar-refractivity contribution is 5.41. The first-order valence-corrected chi connectivity index (χ1v) is 10.7. The standard InChI is InChI=1S/C26H40N2O2/c1-8-23(13-11-14-25(9-2)29-6)27-24(18-19-28(4)5)17-16-21(3)22-12-10-15-26(20-22)30-7/h8,11-14,16-18,26-27H,3,9-10,15,19-20H2,1-2,4-7H3/b13-11-,17-16-,23-8+,24-18+,25-14+. The summed E-state index contributed by atoms with van der Waals surface area (Å²) in [6, 6.07) is 0. The van der Waals surface area contributed by atoms with E-state index in [1.807, 2.05) is 25.2 Å². The van der Waals surface area contributed by atoms with E-state index in [0.29, 0.717) is 6.10 Å². The molecule has 1 rings (SSSR count). The molecule has 1 N–H and O–H groups in total. The number of hydrogen-bond acceptors (Lipinski definition) is 4. The normalized spacial score (nSPS) is 19.0. The number of allylic oxidation sites excluding steroid dienone is 9. The van der Waals surface area contributed by atoms with Gasteiger partial charge in [0.1, 0.15) is 0 Å². The van der Waals surface area contributed by atoms with E-state index in [0.717, 1.165) is 55.0 Å². The fourth-order valence-corrected chi connectivity index (χ4v) is 3.04. The lowest BCUT2D eigenvalue weighted by atomic mass is 9.92. The Bertz CT molecular complexity index is 715. The van der Waals surface area contributed by atoms with Crippen molar-refractivity contribution in [1.29, 1.82) is 0 Å². The van der Waals surface area contributed by atoms with Gasteiger partial charge in [-0.15, -0.1) is 0 Å². The summed E-state index contributed by atoms with van der Waals surface area (Å²) in [5.74, 6) is 0.955. The Morgan fingerprint density at radius 2 is 2.00 bits per heavy atom. The molecule has 0 aliphatic heterocycles. The highest BCUT2D eigenvalue weighted by atomic mass is 16.5. The largest absolute Gasteiger partial charge is 0.501 e. The number of nitrogens with one attached hydrogen (secondary N) is 1. The highest BCUT2D eigenvalue weighted by Crippen LogP contribution is 2.26. The van der Waals surface area contributed by atoms with Gasteiger partial charge in [0.05, 0.1) is 19.0 Å². The molecule has 0 saturated carbocycles. The van der Waals surface area contributed by atoms with Crippen molar-refractivity contribution in [2.45, 2.75) is 45.6 Å². The molecular formula is C26H40N2O2. The van der Waals surface area contributed by atoms with Crippen LogP contribution in [0.15, 0.2) is 83.5 Å². The van der Waals surface area contributed by atoms with Crippen LogP contribution < -0.4 is 5.32 Å². The minimum absolute atomic E-state index is 0.296. The van der Waals surface area contributed by atoms with Crippen molar-refractivity contribution in [3.63, 3.8) is 0 Å². The third kappa shape index (κ3) is 9.95. The van der Waals surface area contributed by atoms with Gasteiger partial charge in [-0.1, -0.05) is 37.8 Å². The molecule has 1 atom stereocenters. The predicted molar refractivity (Wildman–Crippen MR) is 129 cm³/mol. The van der Waals surface area contributed by atoms with Crippen LogP contribution in [0.3, 0.4) is 0 Å². The van der Waals surface area contributed by atoms with Crippen molar-refractivity contribution in [3.8, 4) is 0 Å². The molecule has 0 bridgehead atoms. The topological polar surface area (TPSA) is 33.7 Å². The second-order valence-electron chi connectivity index (χ2n) is 7.57. The van der Waals surface area contributed by atoms with Gasteiger partial charge in [-0.3, -0.25) is 0 Å². The van der Waals surface area contributed by atoms with Gasteiger partial charge >= 0.3 is 0 Å². The molecule has 0 aromatic rings. The van der Waals surface area contributed by atoms with Crippen molar-refractivity contribution < 1.29 is 9.47 Å². The summed E-state index contributed by atoms with van der Waals surface area (Å²) in [5.41, 5.74) is 4.38. The maximum Gasteiger partial charge on any atom is 0.0952 e. The zero-order chi connectivity index (χ0) is 22.4. The van der Waals surface area contributed by atoms with E-state index in [2.05, 4.69) is 68.2 Å². The van der Waals surface area contributed by atoms with Crippen LogP contribution >= 0.6 is 0 Å². The zero-order valence-electron chi connectivity index (χ0n) is 19.7. The van der Waals surface area contributed by atoms with Gasteiger partial charge < -0.3 is 19.7 Å². The van der Waals surface area contributed by atoms with E-state index < -0.39 is 0 Å². The zero-order valence-corrected chi connectivity index (χ0v) is 19.7. The molecule has 0 aromatic heterocycles. The first-order valence-electron chi connectivity index (χ1n) is 10.7. The molecule has 0 amide bonds. The first kappa shape index (κ1) is 25.7. The molecule has 0 fully saturated rings. The molecule has 0 saturated heterocycles. The van der Waals surface area contributed by atoms with Crippen LogP contribution in [0.2, 0.25) is 0 Å². The van der Waals surface area contributed by atoms with Gasteiger partial charge in [-0.2, -0.15) is 0 Å². The van der Waals surface area contributed by atoms with Crippen LogP contribution in [-0.2, 0) is 9.47 Å². The minimum atomic E-state index is 0.296. The average molecular weight is 413 g/mol. The Labute approximate surface area is 184 Å². The van der Waals surface area contributed by atoms with E-state index in [4.69, 9.17) is 9.47 Å². The number of nitrogens with zero attached hydrogens (tertiary/aromatic N) is 1. The van der Waals surface area contributed by atoms with Gasteiger partial charge in [0.2, 0.25) is 0 Å². The van der Waals surface area contributed by atoms with E-state index >= 15 is 0 Å². The summed E-state index contributed by atoms with van der Waals surface area (Å²) in [5, 5.41) is 3.51. The number of likely N-dealkylation sites (N-methyl/N-ethyl adjacent to an activating group) is 1. The molecule has 1 unspecified atom stereocenters. The summed E-state index contributed by atoms with van der Waals surface area (Å²) in [6.07, 6.45) is 21.0. The maximum absolute atomic E-state index is 5.54. The van der Waals surface area contributed by atoms with Crippen molar-refractivity contribution in [1.82, 2.24) is 10.2 Å². The fourth-order valence-electron chi connectivity index (χ4n) is 3.04. The van der Waals surface area contributed by atoms with E-state index in [1.165, 1.54) is 5.57 Å². The third-order valence-electron chi connectivity index (χ3n) is 4.98. The molecule has 1 aliphatic carbocycles. The molecule has 1 aliphatic rings. The summed E-state index contributed by atoms with van der Waals surface area (Å²) >= 11 is 0. The van der Waals surface area contributed by atoms with Crippen LogP contribution in [0, 0.1) is 0 Å². The fraction of sp³-hybridized carbons (Fsp3) is 0.462. The van der Waals surface area contributed by atoms with E-state index in [-0.39, 0.29) is 0 Å². The lowest BCUT2D eigenvalue weighted by Gasteiger charge is -2.21. The van der Waals surface area contributed by atoms with Gasteiger partial charge in [0.15, 0.2) is 0 Å². The van der Waals surface area contributed by atoms with Crippen LogP contribution in [0.5, 0.6) is 0 Å². The molecular weight excluding hydrogens is 372 g/mol. The summed E-state index contributed by atoms with van der Waals surface area (Å²) in [7, 11) is 7.61. The summed E-state index contributed by atoms with van der Waals surface area (Å²) in [4.78, 5) is 2.14. The Balaban J connectivity index is 2.90. The van der Waals surface area contributed by atoms with Crippen LogP contribution in [0.4, 0.5) is 0 Å². The smallest absolute Gasteiger partial charge is 0.0952 e. The molecule has 0 spiro atoms. The molecule has 0 heterocycles. The van der Waals surface area contributed by atoms with Crippen molar-refractivity contribution >= 4 is 0 Å². The van der Waals surface area contributed by atoms with Gasteiger partial charge in [-0.05, 0) is 75.7 Å². The van der Waals surface area contributed by atoms with Crippen LogP contribution in [-0.4, -0.2) is 45.9 Å². The average Bonchev–Trinajstić information content (AvgIpc) is 2.76. The Hall–Kier alpha value is -2.30. The molecule has 4 nitrogen and oxygen atoms in total. The van der Waals surface area contributed by atoms with Gasteiger partial charge in [0, 0.05) is 31.5 Å². The molecule has 4 heteroatoms. The summed E-state index contributed by atoms with van der Waals surface area (Å²) in [6.45, 7) is 9.22. The summed E-state index contributed by atoms with van der Waals surface area (Å²) < 4.78 is 10.9. The van der Waals surface area contributed by atoms with Crippen LogP contribution in [0.1, 0.15) is 39.5 Å². The van der Waals surface area contributed by atoms with Crippen molar-refractivity contribution in [2.75, 3.05) is 34.9 Å². The number of methoxy groups -OCH3 is 2. The third-order valence-corrected chi connectivity index (χ3v) is 4.98. The predicted octanol–water partition coefficient (Wildman–Crippen LogP) is 5.66. The molecule has 0 radical (unpaired) electrons. The Morgan fingerprint density at radius 1 is 1.23 bits per heavy atom. The highest BCUT2D eigenvalue weighted by Gasteiger charge is 2.15. The lowest BCUT2D eigenvalue weighted by molar-refractivity contribution is 0.0932. The monoisotopic (exact) mass is 412 g/mol. The van der Waals surface area contributed by atoms with E-state index in [1.54, 1.807) is 14.2 Å². The molecule has 166 valence electrons. The minimum Gasteiger partial charge on any atom is -0.501 e. The SMILES string of the molecule is C=C(/C=C\C(=C/CN(C)C)NC(/C=C\C=C(/CC)OC)=C/C)C1=CCCC(OC)C1. The quantitative estimate of drug-likeness (QED) is 0.331. The van der Waals surface area contributed by atoms with Crippen LogP contribution in [0.25, 0.3) is 0 Å². The van der Waals surface area contributed by atoms with Gasteiger partial charge in [0.25, 0.3) is 0 Å². The number of ether oxygens (including phenoxy) is 2. The molecule has 0 aromatic carbocycles. The van der Waals surface area contributed by atoms with Gasteiger partial charge in [-0.25, -0.2) is 0 Å². The number of rotatable bonds is 12. The van der Waals surface area contributed by atoms with Crippen molar-refractivity contribution in [2.24, 2.45) is 0 Å². The van der Waals surface area contributed by atoms with Crippen molar-refractivity contribution in [3.05, 3.63) is 83.5 Å². The molecule has 30 heavy (non-hydrogen) atoms. The number of hydrogen-bond donors (Lipinski definition) is 1. The van der Waals surface area contributed by atoms with E-state index in [9.17, 15) is 0 Å². The maximum atomic E-state index is 5.54. The first-order chi connectivity index (χ1) is 14.4.